The zero-order chi connectivity index (χ0) is 13.2. The van der Waals surface area contributed by atoms with Gasteiger partial charge in [-0.1, -0.05) is 29.4 Å². The molecule has 19 heavy (non-hydrogen) atoms. The minimum Gasteiger partial charge on any atom is -0.379 e. The summed E-state index contributed by atoms with van der Waals surface area (Å²) in [6.45, 7) is 3.20. The molecular weight excluding hydrogens is 242 g/mol. The van der Waals surface area contributed by atoms with Crippen LogP contribution >= 0.6 is 0 Å². The molecule has 2 aromatic rings. The van der Waals surface area contributed by atoms with Crippen molar-refractivity contribution in [3.05, 3.63) is 47.1 Å². The average Bonchev–Trinajstić information content (AvgIpc) is 3.01. The van der Waals surface area contributed by atoms with Crippen LogP contribution in [0.4, 0.5) is 0 Å². The molecule has 0 radical (unpaired) electrons. The van der Waals surface area contributed by atoms with Gasteiger partial charge in [0.25, 0.3) is 0 Å². The summed E-state index contributed by atoms with van der Waals surface area (Å²) in [7, 11) is 0. The number of hydrogen-bond acceptors (Lipinski definition) is 5. The molecule has 1 aromatic carbocycles. The van der Waals surface area contributed by atoms with Gasteiger partial charge >= 0.3 is 0 Å². The van der Waals surface area contributed by atoms with Crippen molar-refractivity contribution in [2.24, 2.45) is 5.73 Å². The predicted molar refractivity (Wildman–Crippen MR) is 69.8 cm³/mol. The second-order valence-corrected chi connectivity index (χ2v) is 4.96. The van der Waals surface area contributed by atoms with Crippen LogP contribution in [0, 0.1) is 6.92 Å². The van der Waals surface area contributed by atoms with Gasteiger partial charge in [0.15, 0.2) is 5.82 Å². The summed E-state index contributed by atoms with van der Waals surface area (Å²) < 4.78 is 10.6. The molecule has 2 unspecified atom stereocenters. The van der Waals surface area contributed by atoms with Gasteiger partial charge in [0, 0.05) is 12.5 Å². The molecule has 0 bridgehead atoms. The predicted octanol–water partition coefficient (Wildman–Crippen LogP) is 1.41. The quantitative estimate of drug-likeness (QED) is 0.902. The summed E-state index contributed by atoms with van der Waals surface area (Å²) in [5.41, 5.74) is 8.39. The van der Waals surface area contributed by atoms with E-state index in [4.69, 9.17) is 15.0 Å². The molecule has 0 saturated carbocycles. The monoisotopic (exact) mass is 259 g/mol. The first kappa shape index (κ1) is 12.3. The third-order valence-corrected chi connectivity index (χ3v) is 3.54. The van der Waals surface area contributed by atoms with E-state index in [9.17, 15) is 0 Å². The van der Waals surface area contributed by atoms with E-state index in [1.807, 2.05) is 12.1 Å². The van der Waals surface area contributed by atoms with Crippen molar-refractivity contribution in [2.75, 3.05) is 13.2 Å². The summed E-state index contributed by atoms with van der Waals surface area (Å²) in [4.78, 5) is 4.44. The first-order chi connectivity index (χ1) is 9.24. The van der Waals surface area contributed by atoms with Crippen LogP contribution in [0.3, 0.4) is 0 Å². The SMILES string of the molecule is Cc1ccccc1Cc1noc(C2COCC2N)n1. The molecule has 2 heterocycles. The van der Waals surface area contributed by atoms with Crippen molar-refractivity contribution in [1.82, 2.24) is 10.1 Å². The van der Waals surface area contributed by atoms with Gasteiger partial charge in [-0.3, -0.25) is 0 Å². The highest BCUT2D eigenvalue weighted by atomic mass is 16.5. The number of hydrogen-bond donors (Lipinski definition) is 1. The molecule has 5 heteroatoms. The summed E-state index contributed by atoms with van der Waals surface area (Å²) in [6.07, 6.45) is 0.680. The summed E-state index contributed by atoms with van der Waals surface area (Å²) in [5.74, 6) is 1.31. The van der Waals surface area contributed by atoms with Crippen LogP contribution in [0.25, 0.3) is 0 Å². The second kappa shape index (κ2) is 5.11. The molecule has 0 amide bonds. The van der Waals surface area contributed by atoms with E-state index >= 15 is 0 Å². The molecule has 1 fully saturated rings. The lowest BCUT2D eigenvalue weighted by atomic mass is 10.0. The Morgan fingerprint density at radius 2 is 2.16 bits per heavy atom. The largest absolute Gasteiger partial charge is 0.379 e. The van der Waals surface area contributed by atoms with E-state index in [1.54, 1.807) is 0 Å². The van der Waals surface area contributed by atoms with E-state index < -0.39 is 0 Å². The van der Waals surface area contributed by atoms with Crippen molar-refractivity contribution >= 4 is 0 Å². The Bertz CT molecular complexity index is 567. The van der Waals surface area contributed by atoms with Crippen molar-refractivity contribution < 1.29 is 9.26 Å². The van der Waals surface area contributed by atoms with E-state index in [0.29, 0.717) is 31.3 Å². The number of aromatic nitrogens is 2. The summed E-state index contributed by atoms with van der Waals surface area (Å²) in [5, 5.41) is 4.03. The molecule has 3 rings (SSSR count). The van der Waals surface area contributed by atoms with Gasteiger partial charge in [-0.05, 0) is 18.1 Å². The van der Waals surface area contributed by atoms with Gasteiger partial charge in [-0.15, -0.1) is 0 Å². The van der Waals surface area contributed by atoms with Gasteiger partial charge in [0.1, 0.15) is 0 Å². The number of ether oxygens (including phenoxy) is 1. The fraction of sp³-hybridized carbons (Fsp3) is 0.429. The van der Waals surface area contributed by atoms with Gasteiger partial charge < -0.3 is 15.0 Å². The molecular formula is C14H17N3O2. The van der Waals surface area contributed by atoms with E-state index in [1.165, 1.54) is 11.1 Å². The topological polar surface area (TPSA) is 74.2 Å². The molecule has 5 nitrogen and oxygen atoms in total. The van der Waals surface area contributed by atoms with Crippen LogP contribution in [-0.2, 0) is 11.2 Å². The Morgan fingerprint density at radius 3 is 2.89 bits per heavy atom. The van der Waals surface area contributed by atoms with Gasteiger partial charge in [-0.25, -0.2) is 0 Å². The van der Waals surface area contributed by atoms with Crippen molar-refractivity contribution in [1.29, 1.82) is 0 Å². The lowest BCUT2D eigenvalue weighted by Crippen LogP contribution is -2.27. The third kappa shape index (κ3) is 2.52. The molecule has 1 aromatic heterocycles. The average molecular weight is 259 g/mol. The Balaban J connectivity index is 1.77. The smallest absolute Gasteiger partial charge is 0.233 e. The molecule has 0 aliphatic carbocycles. The van der Waals surface area contributed by atoms with Crippen molar-refractivity contribution in [2.45, 2.75) is 25.3 Å². The molecule has 2 atom stereocenters. The number of aryl methyl sites for hydroxylation is 1. The third-order valence-electron chi connectivity index (χ3n) is 3.54. The molecule has 100 valence electrons. The Labute approximate surface area is 111 Å². The zero-order valence-corrected chi connectivity index (χ0v) is 10.9. The highest BCUT2D eigenvalue weighted by Crippen LogP contribution is 2.23. The number of nitrogens with two attached hydrogens (primary N) is 1. The van der Waals surface area contributed by atoms with E-state index in [2.05, 4.69) is 29.2 Å². The Kier molecular flexibility index (Phi) is 3.31. The fourth-order valence-corrected chi connectivity index (χ4v) is 2.29. The highest BCUT2D eigenvalue weighted by Gasteiger charge is 2.31. The summed E-state index contributed by atoms with van der Waals surface area (Å²) in [6, 6.07) is 8.15. The van der Waals surface area contributed by atoms with Crippen LogP contribution in [0.1, 0.15) is 28.8 Å². The standard InChI is InChI=1S/C14H17N3O2/c1-9-4-2-3-5-10(9)6-13-16-14(19-17-13)11-7-18-8-12(11)15/h2-5,11-12H,6-8,15H2,1H3. The fourth-order valence-electron chi connectivity index (χ4n) is 2.29. The Hall–Kier alpha value is -1.72. The zero-order valence-electron chi connectivity index (χ0n) is 10.9. The second-order valence-electron chi connectivity index (χ2n) is 4.96. The molecule has 1 aliphatic rings. The lowest BCUT2D eigenvalue weighted by Gasteiger charge is -2.06. The summed E-state index contributed by atoms with van der Waals surface area (Å²) >= 11 is 0. The highest BCUT2D eigenvalue weighted by molar-refractivity contribution is 5.28. The van der Waals surface area contributed by atoms with E-state index in [-0.39, 0.29) is 12.0 Å². The normalized spacial score (nSPS) is 22.8. The first-order valence-electron chi connectivity index (χ1n) is 6.44. The van der Waals surface area contributed by atoms with E-state index in [0.717, 1.165) is 0 Å². The van der Waals surface area contributed by atoms with Crippen LogP contribution in [-0.4, -0.2) is 29.4 Å². The lowest BCUT2D eigenvalue weighted by molar-refractivity contribution is 0.187. The molecule has 2 N–H and O–H groups in total. The van der Waals surface area contributed by atoms with Crippen molar-refractivity contribution in [3.8, 4) is 0 Å². The van der Waals surface area contributed by atoms with Gasteiger partial charge in [0.2, 0.25) is 5.89 Å². The molecule has 1 saturated heterocycles. The molecule has 0 spiro atoms. The van der Waals surface area contributed by atoms with Gasteiger partial charge in [0.05, 0.1) is 19.1 Å². The maximum atomic E-state index is 5.94. The van der Waals surface area contributed by atoms with Crippen molar-refractivity contribution in [3.63, 3.8) is 0 Å². The first-order valence-corrected chi connectivity index (χ1v) is 6.44. The number of benzene rings is 1. The maximum absolute atomic E-state index is 5.94. The van der Waals surface area contributed by atoms with Crippen LogP contribution in [0.5, 0.6) is 0 Å². The van der Waals surface area contributed by atoms with Crippen LogP contribution in [0.2, 0.25) is 0 Å². The Morgan fingerprint density at radius 1 is 1.32 bits per heavy atom. The minimum atomic E-state index is -0.0493. The number of nitrogens with zero attached hydrogens (tertiary/aromatic N) is 2. The minimum absolute atomic E-state index is 0.0260. The number of rotatable bonds is 3. The molecule has 1 aliphatic heterocycles. The maximum Gasteiger partial charge on any atom is 0.233 e. The van der Waals surface area contributed by atoms with Crippen LogP contribution in [0.15, 0.2) is 28.8 Å². The van der Waals surface area contributed by atoms with Crippen LogP contribution < -0.4 is 5.73 Å². The van der Waals surface area contributed by atoms with Gasteiger partial charge in [-0.2, -0.15) is 4.98 Å².